The second-order valence-electron chi connectivity index (χ2n) is 7.39. The minimum atomic E-state index is -0.221. The van der Waals surface area contributed by atoms with Crippen LogP contribution in [-0.2, 0) is 4.79 Å². The number of nitrogens with one attached hydrogen (secondary N) is 1. The molecular weight excluding hydrogens is 419 g/mol. The van der Waals surface area contributed by atoms with Crippen molar-refractivity contribution < 1.29 is 9.18 Å². The molecule has 0 bridgehead atoms. The molecule has 30 heavy (non-hydrogen) atoms. The summed E-state index contributed by atoms with van der Waals surface area (Å²) in [5.74, 6) is 0.289. The molecule has 2 aromatic carbocycles. The highest BCUT2D eigenvalue weighted by Crippen LogP contribution is 2.29. The largest absolute Gasteiger partial charge is 0.354 e. The second-order valence-corrected chi connectivity index (χ2v) is 9.45. The topological polar surface area (TPSA) is 48.5 Å². The summed E-state index contributed by atoms with van der Waals surface area (Å²) >= 11 is 3.10. The van der Waals surface area contributed by atoms with Crippen molar-refractivity contribution in [3.63, 3.8) is 0 Å². The Hall–Kier alpha value is -2.16. The molecular formula is C22H25FN4OS2. The zero-order chi connectivity index (χ0) is 20.9. The molecule has 8 heteroatoms. The lowest BCUT2D eigenvalue weighted by atomic mass is 10.2. The van der Waals surface area contributed by atoms with E-state index in [1.54, 1.807) is 35.2 Å². The van der Waals surface area contributed by atoms with Gasteiger partial charge in [0.2, 0.25) is 5.91 Å². The number of carbonyl (C=O) groups excluding carboxylic acids is 1. The van der Waals surface area contributed by atoms with Crippen molar-refractivity contribution in [3.8, 4) is 0 Å². The van der Waals surface area contributed by atoms with Crippen molar-refractivity contribution in [1.29, 1.82) is 0 Å². The van der Waals surface area contributed by atoms with Crippen LogP contribution in [0.3, 0.4) is 0 Å². The van der Waals surface area contributed by atoms with Crippen LogP contribution in [0.1, 0.15) is 5.56 Å². The van der Waals surface area contributed by atoms with E-state index in [9.17, 15) is 9.18 Å². The molecule has 2 heterocycles. The van der Waals surface area contributed by atoms with E-state index in [-0.39, 0.29) is 11.7 Å². The van der Waals surface area contributed by atoms with Crippen molar-refractivity contribution >= 4 is 44.4 Å². The first-order chi connectivity index (χ1) is 14.6. The summed E-state index contributed by atoms with van der Waals surface area (Å²) in [5.41, 5.74) is 2.07. The van der Waals surface area contributed by atoms with Gasteiger partial charge in [-0.1, -0.05) is 29.0 Å². The normalized spacial score (nSPS) is 14.9. The Labute approximate surface area is 184 Å². The van der Waals surface area contributed by atoms with Gasteiger partial charge in [0.25, 0.3) is 0 Å². The third-order valence-corrected chi connectivity index (χ3v) is 7.21. The summed E-state index contributed by atoms with van der Waals surface area (Å²) in [6.07, 6.45) is 0. The minimum Gasteiger partial charge on any atom is -0.354 e. The monoisotopic (exact) mass is 444 g/mol. The molecule has 0 unspecified atom stereocenters. The van der Waals surface area contributed by atoms with Crippen molar-refractivity contribution in [2.45, 2.75) is 11.8 Å². The molecule has 158 valence electrons. The first-order valence-electron chi connectivity index (χ1n) is 10.1. The molecule has 0 saturated carbocycles. The number of anilines is 1. The smallest absolute Gasteiger partial charge is 0.230 e. The fourth-order valence-corrected chi connectivity index (χ4v) is 5.14. The number of carbonyl (C=O) groups is 1. The SMILES string of the molecule is Cc1ccc(SCC(=O)NCCN2CCN(c3nc4ccc(F)cc4s3)CC2)cc1. The van der Waals surface area contributed by atoms with Gasteiger partial charge in [-0.05, 0) is 37.3 Å². The highest BCUT2D eigenvalue weighted by molar-refractivity contribution is 8.00. The fraction of sp³-hybridized carbons (Fsp3) is 0.364. The number of hydrogen-bond acceptors (Lipinski definition) is 6. The summed E-state index contributed by atoms with van der Waals surface area (Å²) in [6.45, 7) is 7.20. The third-order valence-electron chi connectivity index (χ3n) is 5.12. The van der Waals surface area contributed by atoms with Crippen molar-refractivity contribution in [3.05, 3.63) is 53.8 Å². The van der Waals surface area contributed by atoms with Crippen molar-refractivity contribution in [1.82, 2.24) is 15.2 Å². The maximum atomic E-state index is 13.4. The molecule has 4 rings (SSSR count). The third kappa shape index (κ3) is 5.50. The van der Waals surface area contributed by atoms with E-state index in [0.717, 1.165) is 53.0 Å². The summed E-state index contributed by atoms with van der Waals surface area (Å²) in [7, 11) is 0. The molecule has 1 aromatic heterocycles. The lowest BCUT2D eigenvalue weighted by Crippen LogP contribution is -2.48. The van der Waals surface area contributed by atoms with Crippen molar-refractivity contribution in [2.75, 3.05) is 49.9 Å². The fourth-order valence-electron chi connectivity index (χ4n) is 3.37. The van der Waals surface area contributed by atoms with Gasteiger partial charge in [-0.15, -0.1) is 11.8 Å². The maximum absolute atomic E-state index is 13.4. The predicted octanol–water partition coefficient (Wildman–Crippen LogP) is 3.77. The molecule has 3 aromatic rings. The van der Waals surface area contributed by atoms with E-state index in [2.05, 4.69) is 51.3 Å². The quantitative estimate of drug-likeness (QED) is 0.562. The Morgan fingerprint density at radius 3 is 2.70 bits per heavy atom. The first kappa shape index (κ1) is 21.1. The van der Waals surface area contributed by atoms with Gasteiger partial charge in [-0.3, -0.25) is 9.69 Å². The molecule has 0 aliphatic carbocycles. The Morgan fingerprint density at radius 1 is 1.17 bits per heavy atom. The number of halogens is 1. The summed E-state index contributed by atoms with van der Waals surface area (Å²) in [6, 6.07) is 13.0. The van der Waals surface area contributed by atoms with Crippen LogP contribution in [-0.4, -0.2) is 60.8 Å². The molecule has 0 spiro atoms. The molecule has 1 saturated heterocycles. The average Bonchev–Trinajstić information content (AvgIpc) is 3.17. The van der Waals surface area contributed by atoms with E-state index in [1.165, 1.54) is 11.6 Å². The Bertz CT molecular complexity index is 1000. The second kappa shape index (κ2) is 9.76. The van der Waals surface area contributed by atoms with Crippen LogP contribution in [0.5, 0.6) is 0 Å². The number of nitrogens with zero attached hydrogens (tertiary/aromatic N) is 3. The number of amides is 1. The van der Waals surface area contributed by atoms with Gasteiger partial charge < -0.3 is 10.2 Å². The number of fused-ring (bicyclic) bond motifs is 1. The summed E-state index contributed by atoms with van der Waals surface area (Å²) in [5, 5.41) is 3.97. The molecule has 1 N–H and O–H groups in total. The Kier molecular flexibility index (Phi) is 6.86. The van der Waals surface area contributed by atoms with Crippen LogP contribution in [0.15, 0.2) is 47.4 Å². The van der Waals surface area contributed by atoms with Gasteiger partial charge in [0.05, 0.1) is 16.0 Å². The van der Waals surface area contributed by atoms with E-state index in [1.807, 2.05) is 0 Å². The first-order valence-corrected chi connectivity index (χ1v) is 11.9. The van der Waals surface area contributed by atoms with Crippen molar-refractivity contribution in [2.24, 2.45) is 0 Å². The van der Waals surface area contributed by atoms with E-state index < -0.39 is 0 Å². The zero-order valence-electron chi connectivity index (χ0n) is 16.9. The summed E-state index contributed by atoms with van der Waals surface area (Å²) < 4.78 is 14.3. The highest BCUT2D eigenvalue weighted by Gasteiger charge is 2.19. The number of piperazine rings is 1. The van der Waals surface area contributed by atoms with Crippen LogP contribution in [0.4, 0.5) is 9.52 Å². The van der Waals surface area contributed by atoms with Crippen LogP contribution in [0.2, 0.25) is 0 Å². The zero-order valence-corrected chi connectivity index (χ0v) is 18.6. The lowest BCUT2D eigenvalue weighted by Gasteiger charge is -2.34. The average molecular weight is 445 g/mol. The Morgan fingerprint density at radius 2 is 1.93 bits per heavy atom. The van der Waals surface area contributed by atoms with E-state index in [4.69, 9.17) is 0 Å². The number of aromatic nitrogens is 1. The van der Waals surface area contributed by atoms with Gasteiger partial charge in [-0.25, -0.2) is 9.37 Å². The number of aryl methyl sites for hydroxylation is 1. The molecule has 1 aliphatic rings. The number of hydrogen-bond donors (Lipinski definition) is 1. The standard InChI is InChI=1S/C22H25FN4OS2/c1-16-2-5-18(6-3-16)29-15-21(28)24-8-9-26-10-12-27(13-11-26)22-25-19-7-4-17(23)14-20(19)30-22/h2-7,14H,8-13,15H2,1H3,(H,24,28). The number of benzene rings is 2. The van der Waals surface area contributed by atoms with E-state index >= 15 is 0 Å². The van der Waals surface area contributed by atoms with Gasteiger partial charge in [-0.2, -0.15) is 0 Å². The van der Waals surface area contributed by atoms with Crippen LogP contribution in [0.25, 0.3) is 10.2 Å². The molecule has 1 aliphatic heterocycles. The van der Waals surface area contributed by atoms with Gasteiger partial charge in [0.15, 0.2) is 5.13 Å². The van der Waals surface area contributed by atoms with E-state index in [0.29, 0.717) is 12.3 Å². The maximum Gasteiger partial charge on any atom is 0.230 e. The molecule has 1 amide bonds. The highest BCUT2D eigenvalue weighted by atomic mass is 32.2. The number of thioether (sulfide) groups is 1. The van der Waals surface area contributed by atoms with Gasteiger partial charge in [0, 0.05) is 44.2 Å². The van der Waals surface area contributed by atoms with Crippen LogP contribution < -0.4 is 10.2 Å². The van der Waals surface area contributed by atoms with Crippen LogP contribution in [0, 0.1) is 12.7 Å². The predicted molar refractivity (Wildman–Crippen MR) is 123 cm³/mol. The molecule has 0 radical (unpaired) electrons. The lowest BCUT2D eigenvalue weighted by molar-refractivity contribution is -0.118. The summed E-state index contributed by atoms with van der Waals surface area (Å²) in [4.78, 5) is 22.5. The Balaban J connectivity index is 1.16. The number of rotatable bonds is 7. The van der Waals surface area contributed by atoms with Gasteiger partial charge in [0.1, 0.15) is 5.82 Å². The molecule has 0 atom stereocenters. The molecule has 5 nitrogen and oxygen atoms in total. The number of thiazole rings is 1. The van der Waals surface area contributed by atoms with Crippen LogP contribution >= 0.6 is 23.1 Å². The van der Waals surface area contributed by atoms with Gasteiger partial charge >= 0.3 is 0 Å². The minimum absolute atomic E-state index is 0.0703. The molecule has 1 fully saturated rings.